The lowest BCUT2D eigenvalue weighted by Crippen LogP contribution is -2.40. The second kappa shape index (κ2) is 6.65. The first-order valence-electron chi connectivity index (χ1n) is 8.52. The van der Waals surface area contributed by atoms with Crippen LogP contribution >= 0.6 is 11.3 Å². The predicted molar refractivity (Wildman–Crippen MR) is 103 cm³/mol. The van der Waals surface area contributed by atoms with Crippen molar-refractivity contribution in [3.63, 3.8) is 0 Å². The minimum absolute atomic E-state index is 0.0188. The molecule has 2 heterocycles. The van der Waals surface area contributed by atoms with Gasteiger partial charge in [0.1, 0.15) is 17.2 Å². The Hall–Kier alpha value is -2.53. The minimum atomic E-state index is -0.524. The largest absolute Gasteiger partial charge is 0.444 e. The van der Waals surface area contributed by atoms with E-state index >= 15 is 0 Å². The van der Waals surface area contributed by atoms with Gasteiger partial charge in [0.05, 0.1) is 32.7 Å². The fraction of sp³-hybridized carbons (Fsp3) is 0.500. The number of nitrogens with one attached hydrogen (secondary N) is 1. The number of aromatic nitrogens is 1. The number of nitrogens with two attached hydrogens (primary N) is 1. The second-order valence-electron chi connectivity index (χ2n) is 7.46. The maximum atomic E-state index is 12.0. The minimum Gasteiger partial charge on any atom is -0.444 e. The molecule has 3 N–H and O–H groups in total. The fourth-order valence-corrected chi connectivity index (χ4v) is 4.05. The number of ether oxygens (including phenoxy) is 1. The zero-order chi connectivity index (χ0) is 19.1. The molecule has 0 spiro atoms. The molecule has 1 amide bonds. The fourth-order valence-electron chi connectivity index (χ4n) is 3.17. The third kappa shape index (κ3) is 3.68. The van der Waals surface area contributed by atoms with Crippen molar-refractivity contribution in [2.24, 2.45) is 0 Å². The van der Waals surface area contributed by atoms with Crippen LogP contribution in [0.3, 0.4) is 0 Å². The van der Waals surface area contributed by atoms with Gasteiger partial charge in [0.2, 0.25) is 0 Å². The number of alkyl carbamates (subject to hydrolysis) is 1. The number of aryl methyl sites for hydroxylation is 1. The van der Waals surface area contributed by atoms with E-state index in [9.17, 15) is 10.1 Å². The normalized spacial score (nSPS) is 17.3. The summed E-state index contributed by atoms with van der Waals surface area (Å²) in [6.07, 6.45) is 0.385. The van der Waals surface area contributed by atoms with E-state index in [0.29, 0.717) is 17.8 Å². The SMILES string of the molecule is Cc1nc2c(N3CC[C@H](NC(=O)OC(C)(C)C)C3)c(N)cc(C#N)c2s1. The summed E-state index contributed by atoms with van der Waals surface area (Å²) in [5, 5.41) is 13.2. The summed E-state index contributed by atoms with van der Waals surface area (Å²) in [6.45, 7) is 8.82. The Morgan fingerprint density at radius 3 is 2.92 bits per heavy atom. The number of fused-ring (bicyclic) bond motifs is 1. The molecule has 1 aliphatic heterocycles. The summed E-state index contributed by atoms with van der Waals surface area (Å²) in [7, 11) is 0. The molecule has 1 aromatic carbocycles. The van der Waals surface area contributed by atoms with Gasteiger partial charge in [-0.3, -0.25) is 0 Å². The number of nitrogens with zero attached hydrogens (tertiary/aromatic N) is 3. The van der Waals surface area contributed by atoms with Crippen LogP contribution in [0.5, 0.6) is 0 Å². The van der Waals surface area contributed by atoms with Gasteiger partial charge >= 0.3 is 6.09 Å². The first-order valence-corrected chi connectivity index (χ1v) is 9.34. The van der Waals surface area contributed by atoms with Gasteiger partial charge in [-0.15, -0.1) is 11.3 Å². The topological polar surface area (TPSA) is 104 Å². The van der Waals surface area contributed by atoms with Crippen LogP contribution in [-0.4, -0.2) is 35.8 Å². The van der Waals surface area contributed by atoms with Gasteiger partial charge in [-0.25, -0.2) is 9.78 Å². The molecular formula is C18H23N5O2S. The zero-order valence-corrected chi connectivity index (χ0v) is 16.2. The molecule has 0 saturated carbocycles. The molecule has 3 rings (SSSR count). The predicted octanol–water partition coefficient (Wildman–Crippen LogP) is 3.16. The van der Waals surface area contributed by atoms with Crippen LogP contribution in [0.15, 0.2) is 6.07 Å². The highest BCUT2D eigenvalue weighted by Gasteiger charge is 2.29. The number of nitrogen functional groups attached to an aromatic ring is 1. The molecule has 1 fully saturated rings. The van der Waals surface area contributed by atoms with Crippen LogP contribution in [0.2, 0.25) is 0 Å². The Morgan fingerprint density at radius 1 is 1.54 bits per heavy atom. The molecule has 1 aliphatic rings. The monoisotopic (exact) mass is 373 g/mol. The van der Waals surface area contributed by atoms with Crippen LogP contribution in [-0.2, 0) is 4.74 Å². The average molecular weight is 373 g/mol. The van der Waals surface area contributed by atoms with Gasteiger partial charge in [-0.05, 0) is 40.2 Å². The average Bonchev–Trinajstić information content (AvgIpc) is 3.10. The Bertz CT molecular complexity index is 894. The zero-order valence-electron chi connectivity index (χ0n) is 15.4. The molecule has 138 valence electrons. The maximum Gasteiger partial charge on any atom is 0.407 e. The lowest BCUT2D eigenvalue weighted by Gasteiger charge is -2.23. The highest BCUT2D eigenvalue weighted by Crippen LogP contribution is 2.39. The quantitative estimate of drug-likeness (QED) is 0.784. The molecule has 0 radical (unpaired) electrons. The van der Waals surface area contributed by atoms with Gasteiger partial charge in [-0.1, -0.05) is 0 Å². The molecule has 0 bridgehead atoms. The van der Waals surface area contributed by atoms with Crippen molar-refractivity contribution >= 4 is 39.0 Å². The van der Waals surface area contributed by atoms with Gasteiger partial charge in [0, 0.05) is 13.1 Å². The summed E-state index contributed by atoms with van der Waals surface area (Å²) >= 11 is 1.50. The highest BCUT2D eigenvalue weighted by molar-refractivity contribution is 7.18. The van der Waals surface area contributed by atoms with Crippen LogP contribution in [0, 0.1) is 18.3 Å². The summed E-state index contributed by atoms with van der Waals surface area (Å²) in [5.74, 6) is 0. The molecule has 7 nitrogen and oxygen atoms in total. The van der Waals surface area contributed by atoms with E-state index < -0.39 is 11.7 Å². The standard InChI is InChI=1S/C18H23N5O2S/c1-10-21-14-15(13(20)7-11(8-19)16(14)26-10)23-6-5-12(9-23)22-17(24)25-18(2,3)4/h7,12H,5-6,9,20H2,1-4H3,(H,22,24)/t12-/m0/s1. The molecule has 1 aromatic heterocycles. The van der Waals surface area contributed by atoms with Crippen LogP contribution < -0.4 is 16.0 Å². The summed E-state index contributed by atoms with van der Waals surface area (Å²) in [5.41, 5.74) is 8.42. The maximum absolute atomic E-state index is 12.0. The molecule has 1 atom stereocenters. The number of hydrogen-bond acceptors (Lipinski definition) is 7. The number of carbonyl (C=O) groups excluding carboxylic acids is 1. The van der Waals surface area contributed by atoms with E-state index in [1.54, 1.807) is 6.07 Å². The van der Waals surface area contributed by atoms with Crippen LogP contribution in [0.25, 0.3) is 10.2 Å². The second-order valence-corrected chi connectivity index (χ2v) is 8.67. The molecule has 26 heavy (non-hydrogen) atoms. The van der Waals surface area contributed by atoms with Gasteiger partial charge in [-0.2, -0.15) is 5.26 Å². The molecule has 0 aliphatic carbocycles. The lowest BCUT2D eigenvalue weighted by molar-refractivity contribution is 0.0509. The Kier molecular flexibility index (Phi) is 4.67. The Balaban J connectivity index is 1.82. The van der Waals surface area contributed by atoms with Crippen molar-refractivity contribution in [2.75, 3.05) is 23.7 Å². The van der Waals surface area contributed by atoms with Gasteiger partial charge in [0.25, 0.3) is 0 Å². The smallest absolute Gasteiger partial charge is 0.407 e. The van der Waals surface area contributed by atoms with Crippen molar-refractivity contribution in [1.82, 2.24) is 10.3 Å². The number of amides is 1. The third-order valence-corrected chi connectivity index (χ3v) is 5.13. The van der Waals surface area contributed by atoms with E-state index in [0.717, 1.165) is 33.9 Å². The third-order valence-electron chi connectivity index (χ3n) is 4.12. The van der Waals surface area contributed by atoms with E-state index in [1.165, 1.54) is 11.3 Å². The van der Waals surface area contributed by atoms with Gasteiger partial charge < -0.3 is 20.7 Å². The van der Waals surface area contributed by atoms with E-state index in [1.807, 2.05) is 27.7 Å². The Morgan fingerprint density at radius 2 is 2.27 bits per heavy atom. The number of anilines is 2. The van der Waals surface area contributed by atoms with Crippen LogP contribution in [0.4, 0.5) is 16.2 Å². The van der Waals surface area contributed by atoms with Crippen molar-refractivity contribution in [3.05, 3.63) is 16.6 Å². The number of rotatable bonds is 2. The molecule has 8 heteroatoms. The van der Waals surface area contributed by atoms with Crippen molar-refractivity contribution in [3.8, 4) is 6.07 Å². The molecule has 0 unspecified atom stereocenters. The van der Waals surface area contributed by atoms with Crippen LogP contribution in [0.1, 0.15) is 37.8 Å². The number of benzene rings is 1. The Labute approximate surface area is 156 Å². The van der Waals surface area contributed by atoms with Gasteiger partial charge in [0.15, 0.2) is 0 Å². The number of thiazole rings is 1. The number of nitriles is 1. The van der Waals surface area contributed by atoms with E-state index in [4.69, 9.17) is 10.5 Å². The van der Waals surface area contributed by atoms with E-state index in [-0.39, 0.29) is 6.04 Å². The first-order chi connectivity index (χ1) is 12.2. The van der Waals surface area contributed by atoms with Crippen molar-refractivity contribution < 1.29 is 9.53 Å². The molecular weight excluding hydrogens is 350 g/mol. The van der Waals surface area contributed by atoms with E-state index in [2.05, 4.69) is 21.3 Å². The summed E-state index contributed by atoms with van der Waals surface area (Å²) in [6, 6.07) is 3.89. The highest BCUT2D eigenvalue weighted by atomic mass is 32.1. The number of hydrogen-bond donors (Lipinski definition) is 2. The summed E-state index contributed by atoms with van der Waals surface area (Å²) < 4.78 is 6.19. The molecule has 1 saturated heterocycles. The van der Waals surface area contributed by atoms with Crippen molar-refractivity contribution in [1.29, 1.82) is 5.26 Å². The van der Waals surface area contributed by atoms with Crippen molar-refractivity contribution in [2.45, 2.75) is 45.8 Å². The lowest BCUT2D eigenvalue weighted by atomic mass is 10.1. The summed E-state index contributed by atoms with van der Waals surface area (Å²) in [4.78, 5) is 18.7. The molecule has 2 aromatic rings. The number of carbonyl (C=O) groups is 1. The first kappa shape index (κ1) is 18.3.